The van der Waals surface area contributed by atoms with E-state index < -0.39 is 6.23 Å². The maximum Gasteiger partial charge on any atom is 0.216 e. The molecule has 0 aliphatic rings. The molecule has 4 nitrogen and oxygen atoms in total. The smallest absolute Gasteiger partial charge is 0.216 e. The summed E-state index contributed by atoms with van der Waals surface area (Å²) < 4.78 is 5.10. The van der Waals surface area contributed by atoms with Gasteiger partial charge in [-0.2, -0.15) is 0 Å². The SMILES string of the molecule is COC(/C(Cl)=C(/Cl)C=O)N(C=O)c1ccccc1. The van der Waals surface area contributed by atoms with Crippen LogP contribution < -0.4 is 4.90 Å². The van der Waals surface area contributed by atoms with E-state index in [2.05, 4.69) is 0 Å². The molecule has 0 aromatic heterocycles. The second kappa shape index (κ2) is 7.16. The molecule has 0 saturated carbocycles. The molecule has 1 amide bonds. The third kappa shape index (κ3) is 3.32. The normalized spacial score (nSPS) is 13.5. The van der Waals surface area contributed by atoms with Gasteiger partial charge in [-0.25, -0.2) is 0 Å². The molecule has 96 valence electrons. The lowest BCUT2D eigenvalue weighted by atomic mass is 10.3. The fourth-order valence-corrected chi connectivity index (χ4v) is 1.70. The predicted octanol–water partition coefficient (Wildman–Crippen LogP) is 2.51. The average molecular weight is 288 g/mol. The highest BCUT2D eigenvalue weighted by Crippen LogP contribution is 2.25. The molecule has 1 rings (SSSR count). The first kappa shape index (κ1) is 14.7. The summed E-state index contributed by atoms with van der Waals surface area (Å²) in [6, 6.07) is 8.75. The summed E-state index contributed by atoms with van der Waals surface area (Å²) >= 11 is 11.5. The van der Waals surface area contributed by atoms with E-state index in [4.69, 9.17) is 27.9 Å². The minimum absolute atomic E-state index is 0.0508. The van der Waals surface area contributed by atoms with E-state index in [9.17, 15) is 9.59 Å². The van der Waals surface area contributed by atoms with Crippen molar-refractivity contribution >= 4 is 41.6 Å². The summed E-state index contributed by atoms with van der Waals surface area (Å²) in [5, 5.41) is -0.253. The van der Waals surface area contributed by atoms with Crippen molar-refractivity contribution in [3.05, 3.63) is 40.4 Å². The van der Waals surface area contributed by atoms with Crippen LogP contribution in [0.25, 0.3) is 0 Å². The number of aldehydes is 1. The molecule has 0 aliphatic heterocycles. The van der Waals surface area contributed by atoms with Crippen molar-refractivity contribution in [2.45, 2.75) is 6.23 Å². The highest BCUT2D eigenvalue weighted by Gasteiger charge is 2.23. The Morgan fingerprint density at radius 1 is 1.28 bits per heavy atom. The monoisotopic (exact) mass is 287 g/mol. The van der Waals surface area contributed by atoms with Crippen LogP contribution in [-0.4, -0.2) is 26.0 Å². The Morgan fingerprint density at radius 3 is 2.33 bits per heavy atom. The Morgan fingerprint density at radius 2 is 1.89 bits per heavy atom. The molecule has 0 spiro atoms. The Bertz CT molecular complexity index is 448. The number of benzene rings is 1. The number of carbonyl (C=O) groups is 2. The predicted molar refractivity (Wildman–Crippen MR) is 70.6 cm³/mol. The lowest BCUT2D eigenvalue weighted by molar-refractivity contribution is -0.109. The number of nitrogens with zero attached hydrogens (tertiary/aromatic N) is 1. The van der Waals surface area contributed by atoms with Gasteiger partial charge in [-0.3, -0.25) is 14.5 Å². The molecule has 1 unspecified atom stereocenters. The summed E-state index contributed by atoms with van der Waals surface area (Å²) in [5.41, 5.74) is 0.577. The van der Waals surface area contributed by atoms with E-state index in [0.29, 0.717) is 18.4 Å². The van der Waals surface area contributed by atoms with Gasteiger partial charge in [0.1, 0.15) is 0 Å². The van der Waals surface area contributed by atoms with Crippen LogP contribution in [0, 0.1) is 0 Å². The van der Waals surface area contributed by atoms with Crippen LogP contribution in [0.2, 0.25) is 0 Å². The number of anilines is 1. The van der Waals surface area contributed by atoms with Crippen molar-refractivity contribution in [3.8, 4) is 0 Å². The Kier molecular flexibility index (Phi) is 5.85. The van der Waals surface area contributed by atoms with Gasteiger partial charge in [0, 0.05) is 12.8 Å². The lowest BCUT2D eigenvalue weighted by Gasteiger charge is -2.26. The fourth-order valence-electron chi connectivity index (χ4n) is 1.37. The lowest BCUT2D eigenvalue weighted by Crippen LogP contribution is -2.36. The first-order valence-corrected chi connectivity index (χ1v) is 5.73. The Labute approximate surface area is 115 Å². The summed E-state index contributed by atoms with van der Waals surface area (Å²) in [6.45, 7) is 0. The van der Waals surface area contributed by atoms with Crippen molar-refractivity contribution in [2.24, 2.45) is 0 Å². The van der Waals surface area contributed by atoms with Crippen LogP contribution in [0.15, 0.2) is 40.4 Å². The van der Waals surface area contributed by atoms with Crippen molar-refractivity contribution in [3.63, 3.8) is 0 Å². The van der Waals surface area contributed by atoms with Crippen LogP contribution in [0.4, 0.5) is 5.69 Å². The number of para-hydroxylation sites is 1. The zero-order valence-electron chi connectivity index (χ0n) is 9.55. The summed E-state index contributed by atoms with van der Waals surface area (Å²) in [7, 11) is 1.36. The molecule has 1 aromatic rings. The molecule has 1 atom stereocenters. The standard InChI is InChI=1S/C12H11Cl2NO3/c1-18-12(11(14)10(13)7-16)15(8-17)9-5-3-2-4-6-9/h2-8,12H,1H3/b11-10-. The van der Waals surface area contributed by atoms with Crippen LogP contribution >= 0.6 is 23.2 Å². The number of rotatable bonds is 6. The average Bonchev–Trinajstić information content (AvgIpc) is 2.43. The molecule has 0 radical (unpaired) electrons. The second-order valence-corrected chi connectivity index (χ2v) is 4.06. The topological polar surface area (TPSA) is 46.6 Å². The molecule has 1 aromatic carbocycles. The first-order chi connectivity index (χ1) is 8.65. The van der Waals surface area contributed by atoms with E-state index in [0.717, 1.165) is 0 Å². The van der Waals surface area contributed by atoms with Crippen LogP contribution in [0.3, 0.4) is 0 Å². The number of allylic oxidation sites excluding steroid dienone is 1. The molecular weight excluding hydrogens is 277 g/mol. The van der Waals surface area contributed by atoms with Crippen molar-refractivity contribution in [1.29, 1.82) is 0 Å². The summed E-state index contributed by atoms with van der Waals surface area (Å²) in [4.78, 5) is 23.0. The van der Waals surface area contributed by atoms with Crippen molar-refractivity contribution < 1.29 is 14.3 Å². The molecule has 6 heteroatoms. The molecule has 18 heavy (non-hydrogen) atoms. The van der Waals surface area contributed by atoms with Gasteiger partial charge < -0.3 is 4.74 Å². The maximum absolute atomic E-state index is 11.2. The second-order valence-electron chi connectivity index (χ2n) is 3.25. The van der Waals surface area contributed by atoms with Gasteiger partial charge in [-0.05, 0) is 12.1 Å². The van der Waals surface area contributed by atoms with E-state index in [1.807, 2.05) is 6.07 Å². The summed E-state index contributed by atoms with van der Waals surface area (Å²) in [5.74, 6) is 0. The molecule has 0 saturated heterocycles. The highest BCUT2D eigenvalue weighted by molar-refractivity contribution is 6.45. The molecule has 0 heterocycles. The number of carbonyl (C=O) groups excluding carboxylic acids is 2. The fraction of sp³-hybridized carbons (Fsp3) is 0.167. The minimum Gasteiger partial charge on any atom is -0.356 e. The Balaban J connectivity index is 3.14. The van der Waals surface area contributed by atoms with Crippen molar-refractivity contribution in [2.75, 3.05) is 12.0 Å². The van der Waals surface area contributed by atoms with Gasteiger partial charge in [0.05, 0.1) is 10.1 Å². The highest BCUT2D eigenvalue weighted by atomic mass is 35.5. The van der Waals surface area contributed by atoms with Crippen molar-refractivity contribution in [1.82, 2.24) is 0 Å². The number of amides is 1. The van der Waals surface area contributed by atoms with E-state index in [-0.39, 0.29) is 10.1 Å². The third-order valence-electron chi connectivity index (χ3n) is 2.19. The Hall–Kier alpha value is -1.36. The minimum atomic E-state index is -0.940. The number of methoxy groups -OCH3 is 1. The van der Waals surface area contributed by atoms with Crippen LogP contribution in [0.1, 0.15) is 0 Å². The largest absolute Gasteiger partial charge is 0.356 e. The molecule has 0 aliphatic carbocycles. The summed E-state index contributed by atoms with van der Waals surface area (Å²) in [6.07, 6.45) is 0.00865. The van der Waals surface area contributed by atoms with Crippen LogP contribution in [0.5, 0.6) is 0 Å². The van der Waals surface area contributed by atoms with Gasteiger partial charge in [-0.1, -0.05) is 41.4 Å². The number of halogens is 2. The van der Waals surface area contributed by atoms with Gasteiger partial charge in [0.25, 0.3) is 0 Å². The quantitative estimate of drug-likeness (QED) is 0.459. The molecule has 0 bridgehead atoms. The van der Waals surface area contributed by atoms with E-state index in [1.165, 1.54) is 12.0 Å². The van der Waals surface area contributed by atoms with Crippen LogP contribution in [-0.2, 0) is 14.3 Å². The molecular formula is C12H11Cl2NO3. The third-order valence-corrected chi connectivity index (χ3v) is 2.97. The van der Waals surface area contributed by atoms with Gasteiger partial charge in [-0.15, -0.1) is 0 Å². The molecule has 0 fully saturated rings. The zero-order valence-corrected chi connectivity index (χ0v) is 11.1. The zero-order chi connectivity index (χ0) is 13.5. The van der Waals surface area contributed by atoms with Gasteiger partial charge in [0.2, 0.25) is 6.41 Å². The number of hydrogen-bond donors (Lipinski definition) is 0. The van der Waals surface area contributed by atoms with E-state index >= 15 is 0 Å². The van der Waals surface area contributed by atoms with Gasteiger partial charge >= 0.3 is 0 Å². The van der Waals surface area contributed by atoms with Gasteiger partial charge in [0.15, 0.2) is 12.5 Å². The number of ether oxygens (including phenoxy) is 1. The maximum atomic E-state index is 11.2. The first-order valence-electron chi connectivity index (χ1n) is 4.97. The molecule has 0 N–H and O–H groups in total. The van der Waals surface area contributed by atoms with E-state index in [1.54, 1.807) is 24.3 Å². The number of hydrogen-bond acceptors (Lipinski definition) is 3.